The molecule has 456 valence electrons. The molecule has 30 heteroatoms. The summed E-state index contributed by atoms with van der Waals surface area (Å²) in [4.78, 5) is 129. The summed E-state index contributed by atoms with van der Waals surface area (Å²) in [5, 5.41) is 31.4. The van der Waals surface area contributed by atoms with Crippen molar-refractivity contribution in [3.8, 4) is 0 Å². The van der Waals surface area contributed by atoms with Gasteiger partial charge < -0.3 is 86.8 Å². The fraction of sp³-hybridized carbons (Fsp3) is 0.577. The molecule has 0 saturated carbocycles. The van der Waals surface area contributed by atoms with Crippen LogP contribution in [-0.2, 0) is 78.1 Å². The predicted molar refractivity (Wildman–Crippen MR) is 296 cm³/mol. The third-order valence-corrected chi connectivity index (χ3v) is 17.0. The number of hydrogen-bond acceptors (Lipinski definition) is 17. The van der Waals surface area contributed by atoms with Crippen molar-refractivity contribution in [2.45, 2.75) is 121 Å². The summed E-state index contributed by atoms with van der Waals surface area (Å²) in [5.41, 5.74) is 13.3. The second kappa shape index (κ2) is 34.1. The highest BCUT2D eigenvalue weighted by atomic mass is 31.2. The van der Waals surface area contributed by atoms with Gasteiger partial charge in [0.1, 0.15) is 49.1 Å². The number of ketones is 2. The SMILES string of the molecule is CCC(C)[C@@H]1NC(=O)c2cc(CC(=O)CCC(=O)NCCOCCOCCOCCOCCC(=O)CCC(O)Cn3cc[n+](CC(O)(P(=O)(O)O)P(=O)(O)O)c3)ccc2NCc2ccc(C(N)=O)cc2NC(=O)[C@H](CCCCN)NC1=O. The van der Waals surface area contributed by atoms with E-state index in [9.17, 15) is 72.5 Å². The number of aliphatic hydroxyl groups excluding tert-OH is 1. The van der Waals surface area contributed by atoms with Crippen molar-refractivity contribution < 1.29 is 96.0 Å². The number of rotatable bonds is 36. The number of Topliss-reactive ketones (excluding diaryl/α,β-unsaturated/α-hetero) is 2. The zero-order valence-corrected chi connectivity index (χ0v) is 48.0. The molecule has 4 atom stereocenters. The minimum absolute atomic E-state index is 0.0405. The number of hydrogen-bond donors (Lipinski definition) is 13. The lowest BCUT2D eigenvalue weighted by Gasteiger charge is -2.28. The average molecular weight is 1200 g/mol. The number of benzene rings is 2. The number of carbonyl (C=O) groups excluding carboxylic acids is 7. The third-order valence-electron chi connectivity index (χ3n) is 13.3. The molecule has 3 aromatic rings. The number of nitrogens with zero attached hydrogens (tertiary/aromatic N) is 2. The minimum atomic E-state index is -5.65. The summed E-state index contributed by atoms with van der Waals surface area (Å²) in [6, 6.07) is 7.44. The van der Waals surface area contributed by atoms with Gasteiger partial charge in [-0.25, -0.2) is 9.13 Å². The van der Waals surface area contributed by atoms with Crippen LogP contribution in [0.3, 0.4) is 0 Å². The summed E-state index contributed by atoms with van der Waals surface area (Å²) >= 11 is 0. The van der Waals surface area contributed by atoms with Gasteiger partial charge in [-0.15, -0.1) is 0 Å². The van der Waals surface area contributed by atoms with Gasteiger partial charge in [0.2, 0.25) is 30.0 Å². The van der Waals surface area contributed by atoms with Gasteiger partial charge in [-0.05, 0) is 73.5 Å². The Bertz CT molecular complexity index is 2700. The molecule has 0 radical (unpaired) electrons. The van der Waals surface area contributed by atoms with Crippen molar-refractivity contribution in [1.29, 1.82) is 0 Å². The van der Waals surface area contributed by atoms with E-state index in [4.69, 9.17) is 30.4 Å². The van der Waals surface area contributed by atoms with Crippen molar-refractivity contribution in [3.63, 3.8) is 0 Å². The Balaban J connectivity index is 1.10. The van der Waals surface area contributed by atoms with E-state index in [0.717, 1.165) is 4.57 Å². The topological polar surface area (TPSA) is 433 Å². The Morgan fingerprint density at radius 3 is 2.12 bits per heavy atom. The molecule has 2 unspecified atom stereocenters. The Morgan fingerprint density at radius 2 is 1.49 bits per heavy atom. The predicted octanol–water partition coefficient (Wildman–Crippen LogP) is 0.0734. The van der Waals surface area contributed by atoms with Crippen LogP contribution >= 0.6 is 15.2 Å². The maximum atomic E-state index is 14.1. The van der Waals surface area contributed by atoms with Crippen LogP contribution in [0.5, 0.6) is 0 Å². The van der Waals surface area contributed by atoms with Gasteiger partial charge >= 0.3 is 20.3 Å². The van der Waals surface area contributed by atoms with Crippen LogP contribution in [0.4, 0.5) is 11.4 Å². The maximum Gasteiger partial charge on any atom is 0.373 e. The minimum Gasteiger partial charge on any atom is -0.389 e. The molecule has 1 aromatic heterocycles. The fourth-order valence-corrected chi connectivity index (χ4v) is 10.3. The van der Waals surface area contributed by atoms with E-state index in [0.29, 0.717) is 42.6 Å². The van der Waals surface area contributed by atoms with Gasteiger partial charge in [0.25, 0.3) is 5.91 Å². The lowest BCUT2D eigenvalue weighted by atomic mass is 9.96. The van der Waals surface area contributed by atoms with E-state index in [1.807, 2.05) is 13.8 Å². The van der Waals surface area contributed by atoms with Crippen LogP contribution in [-0.4, -0.2) is 165 Å². The molecule has 2 heterocycles. The van der Waals surface area contributed by atoms with E-state index >= 15 is 0 Å². The highest BCUT2D eigenvalue weighted by molar-refractivity contribution is 7.72. The van der Waals surface area contributed by atoms with Gasteiger partial charge in [-0.3, -0.25) is 42.7 Å². The molecule has 1 aliphatic heterocycles. The summed E-state index contributed by atoms with van der Waals surface area (Å²) in [6.45, 7) is 5.10. The Labute approximate surface area is 475 Å². The molecule has 5 amide bonds. The van der Waals surface area contributed by atoms with Gasteiger partial charge in [0.15, 0.2) is 0 Å². The van der Waals surface area contributed by atoms with Crippen LogP contribution in [0.25, 0.3) is 0 Å². The van der Waals surface area contributed by atoms with E-state index in [2.05, 4.69) is 26.6 Å². The number of aromatic nitrogens is 2. The Kier molecular flexibility index (Phi) is 28.5. The summed E-state index contributed by atoms with van der Waals surface area (Å²) in [6.07, 6.45) is 4.67. The van der Waals surface area contributed by atoms with Crippen LogP contribution < -0.4 is 42.6 Å². The first kappa shape index (κ1) is 68.7. The third kappa shape index (κ3) is 22.7. The van der Waals surface area contributed by atoms with E-state index in [-0.39, 0.29) is 158 Å². The number of nitrogens with two attached hydrogens (primary N) is 2. The van der Waals surface area contributed by atoms with Crippen LogP contribution in [0, 0.1) is 5.92 Å². The van der Waals surface area contributed by atoms with Gasteiger partial charge in [-0.2, -0.15) is 0 Å². The summed E-state index contributed by atoms with van der Waals surface area (Å²) < 4.78 is 47.5. The number of fused-ring (bicyclic) bond motifs is 2. The normalized spacial score (nSPS) is 16.1. The van der Waals surface area contributed by atoms with Crippen molar-refractivity contribution in [3.05, 3.63) is 77.4 Å². The standard InChI is InChI=1S/C52H79N9O19P2/c1-3-35(2)47-51(69)57-44(6-4-5-16-53)50(68)58-45-30-37(48(54)66)8-9-38(45)31-56-43-13-7-36(29-42(43)49(67)59-47)28-40(63)12-14-46(65)55-17-21-78-23-25-80-27-26-79-24-22-77-20-15-39(62)10-11-41(64)32-60-18-19-61(34-60)33-52(70,81(71,72)73)82(74,75)76/h7-9,13,18-19,29-30,34-35,41,44,47,64,70H,3-6,10-12,14-17,20-28,31-33,53H2,1-2H3,(H10-,54,55,56,57,58,59,65,66,67,68,69,71,72,73,74,75,76)/p+1/t35?,41?,44-,47-/m0/s1. The van der Waals surface area contributed by atoms with Gasteiger partial charge in [-0.1, -0.05) is 32.4 Å². The first-order chi connectivity index (χ1) is 38.8. The van der Waals surface area contributed by atoms with Gasteiger partial charge in [0.05, 0.1) is 64.5 Å². The first-order valence-electron chi connectivity index (χ1n) is 26.9. The van der Waals surface area contributed by atoms with Crippen molar-refractivity contribution in [2.24, 2.45) is 17.4 Å². The summed E-state index contributed by atoms with van der Waals surface area (Å²) in [7, 11) is -11.3. The van der Waals surface area contributed by atoms with E-state index in [1.54, 1.807) is 24.3 Å². The molecule has 0 spiro atoms. The molecule has 0 bridgehead atoms. The molecule has 0 saturated heterocycles. The number of aliphatic hydroxyl groups is 2. The zero-order chi connectivity index (χ0) is 60.5. The van der Waals surface area contributed by atoms with Crippen molar-refractivity contribution in [2.75, 3.05) is 76.6 Å². The Hall–Kier alpha value is -5.84. The Morgan fingerprint density at radius 1 is 0.829 bits per heavy atom. The summed E-state index contributed by atoms with van der Waals surface area (Å²) in [5.74, 6) is -3.48. The van der Waals surface area contributed by atoms with Crippen molar-refractivity contribution >= 4 is 67.7 Å². The van der Waals surface area contributed by atoms with E-state index < -0.39 is 68.6 Å². The number of primary amides is 1. The number of anilines is 2. The van der Waals surface area contributed by atoms with Crippen LogP contribution in [0.1, 0.15) is 103 Å². The largest absolute Gasteiger partial charge is 0.389 e. The molecule has 0 aliphatic carbocycles. The molecule has 2 aromatic carbocycles. The lowest BCUT2D eigenvalue weighted by molar-refractivity contribution is -0.703. The number of unbranched alkanes of at least 4 members (excludes halogenated alkanes) is 1. The highest BCUT2D eigenvalue weighted by Gasteiger charge is 2.61. The van der Waals surface area contributed by atoms with Crippen LogP contribution in [0.15, 0.2) is 55.1 Å². The maximum absolute atomic E-state index is 14.1. The molecular formula is C52H80N9O19P2+. The number of nitrogens with one attached hydrogen (secondary N) is 5. The molecule has 28 nitrogen and oxygen atoms in total. The molecule has 82 heavy (non-hydrogen) atoms. The van der Waals surface area contributed by atoms with Crippen molar-refractivity contribution in [1.82, 2.24) is 20.5 Å². The zero-order valence-electron chi connectivity index (χ0n) is 46.2. The second-order valence-corrected chi connectivity index (χ2v) is 23.8. The monoisotopic (exact) mass is 1200 g/mol. The molecule has 0 fully saturated rings. The number of carbonyl (C=O) groups is 7. The number of imidazole rings is 1. The molecule has 4 rings (SSSR count). The molecule has 1 aliphatic rings. The van der Waals surface area contributed by atoms with Gasteiger partial charge in [0, 0.05) is 62.1 Å². The molecular weight excluding hydrogens is 1120 g/mol. The highest BCUT2D eigenvalue weighted by Crippen LogP contribution is 2.67. The van der Waals surface area contributed by atoms with Crippen LogP contribution in [0.2, 0.25) is 0 Å². The fourth-order valence-electron chi connectivity index (χ4n) is 8.29. The van der Waals surface area contributed by atoms with E-state index in [1.165, 1.54) is 35.4 Å². The average Bonchev–Trinajstić information content (AvgIpc) is 4.04. The number of ether oxygens (including phenoxy) is 4. The molecule has 15 N–H and O–H groups in total. The quantitative estimate of drug-likeness (QED) is 0.0208. The lowest BCUT2D eigenvalue weighted by Crippen LogP contribution is -2.55. The smallest absolute Gasteiger partial charge is 0.373 e. The first-order valence-corrected chi connectivity index (χ1v) is 30.2. The number of amides is 5. The second-order valence-electron chi connectivity index (χ2n) is 19.8.